The van der Waals surface area contributed by atoms with E-state index in [1.165, 1.54) is 19.0 Å². The molecule has 214 valence electrons. The summed E-state index contributed by atoms with van der Waals surface area (Å²) in [6.07, 6.45) is -0.398. The summed E-state index contributed by atoms with van der Waals surface area (Å²) in [5.74, 6) is -13.9. The van der Waals surface area contributed by atoms with Crippen molar-refractivity contribution in [1.82, 2.24) is 9.80 Å². The number of fused-ring (bicyclic) bond motifs is 4. The zero-order valence-electron chi connectivity index (χ0n) is 22.7. The molecule has 0 spiro atoms. The second-order valence-electron chi connectivity index (χ2n) is 12.0. The number of hydrogen-bond donors (Lipinski definition) is 4. The SMILES string of the molecule is CN(C)[C@@H]1C(=O)C(C(N)=O)C(=O)[C@@]2(O)C(=O)C3C(=O)c4c(O)c5c(c(F)c4C[C@H]3C[C@@H]12)CN(C)C(C)(C)C(=O)N5. The van der Waals surface area contributed by atoms with E-state index in [2.05, 4.69) is 5.32 Å². The van der Waals surface area contributed by atoms with Crippen molar-refractivity contribution in [3.05, 3.63) is 22.5 Å². The average Bonchev–Trinajstić information content (AvgIpc) is 2.94. The smallest absolute Gasteiger partial charge is 0.244 e. The summed E-state index contributed by atoms with van der Waals surface area (Å²) in [6, 6.07) is -1.25. The molecule has 2 fully saturated rings. The monoisotopic (exact) mass is 558 g/mol. The molecule has 12 nitrogen and oxygen atoms in total. The molecule has 6 atom stereocenters. The Morgan fingerprint density at radius 1 is 1.12 bits per heavy atom. The van der Waals surface area contributed by atoms with Crippen LogP contribution in [0.5, 0.6) is 5.75 Å². The third-order valence-corrected chi connectivity index (χ3v) is 9.40. The van der Waals surface area contributed by atoms with Crippen LogP contribution in [0.4, 0.5) is 10.1 Å². The molecule has 3 aliphatic carbocycles. The van der Waals surface area contributed by atoms with E-state index in [9.17, 15) is 39.0 Å². The van der Waals surface area contributed by atoms with Crippen LogP contribution < -0.4 is 11.1 Å². The Morgan fingerprint density at radius 3 is 2.33 bits per heavy atom. The highest BCUT2D eigenvalue weighted by Gasteiger charge is 2.69. The maximum atomic E-state index is 16.1. The van der Waals surface area contributed by atoms with Gasteiger partial charge in [0.05, 0.1) is 28.7 Å². The van der Waals surface area contributed by atoms with E-state index in [1.54, 1.807) is 25.8 Å². The number of primary amides is 1. The number of nitrogens with two attached hydrogens (primary N) is 1. The number of phenols is 1. The molecule has 0 bridgehead atoms. The fourth-order valence-corrected chi connectivity index (χ4v) is 6.91. The van der Waals surface area contributed by atoms with Gasteiger partial charge in [0.2, 0.25) is 11.8 Å². The minimum atomic E-state index is -2.88. The lowest BCUT2D eigenvalue weighted by Gasteiger charge is -2.52. The first-order chi connectivity index (χ1) is 18.5. The standard InChI is InChI=1S/C27H31FN4O8/c1-26(2)25(39)30-17-11(8-32(26)5)16(28)10-6-9-7-12-18(31(3)4)21(35)15(24(29)38)23(37)27(12,40)22(36)13(9)19(33)14(10)20(17)34/h9,12-13,15,18,34,40H,6-8H2,1-5H3,(H2,29,38)(H,30,39)/t9-,12-,13?,15?,18-,27-/m0/s1. The number of amides is 2. The number of rotatable bonds is 2. The van der Waals surface area contributed by atoms with E-state index in [-0.39, 0.29) is 36.2 Å². The summed E-state index contributed by atoms with van der Waals surface area (Å²) in [6.45, 7) is 3.16. The summed E-state index contributed by atoms with van der Waals surface area (Å²) in [4.78, 5) is 82.1. The largest absolute Gasteiger partial charge is 0.505 e. The highest BCUT2D eigenvalue weighted by Crippen LogP contribution is 2.52. The molecular weight excluding hydrogens is 527 g/mol. The number of carbonyl (C=O) groups is 6. The number of nitrogens with zero attached hydrogens (tertiary/aromatic N) is 2. The third kappa shape index (κ3) is 3.40. The zero-order chi connectivity index (χ0) is 29.8. The summed E-state index contributed by atoms with van der Waals surface area (Å²) < 4.78 is 16.1. The molecule has 5 rings (SSSR count). The van der Waals surface area contributed by atoms with Gasteiger partial charge in [0, 0.05) is 23.6 Å². The lowest BCUT2D eigenvalue weighted by atomic mass is 9.52. The van der Waals surface area contributed by atoms with Gasteiger partial charge < -0.3 is 21.3 Å². The Balaban J connectivity index is 1.67. The van der Waals surface area contributed by atoms with Gasteiger partial charge in [-0.1, -0.05) is 0 Å². The number of nitrogens with one attached hydrogen (secondary N) is 1. The number of benzene rings is 1. The Kier molecular flexibility index (Phi) is 6.10. The highest BCUT2D eigenvalue weighted by molar-refractivity contribution is 6.32. The Morgan fingerprint density at radius 2 is 1.75 bits per heavy atom. The second kappa shape index (κ2) is 8.72. The Bertz CT molecular complexity index is 1440. The van der Waals surface area contributed by atoms with E-state index in [4.69, 9.17) is 5.73 Å². The minimum absolute atomic E-state index is 0.0268. The lowest BCUT2D eigenvalue weighted by molar-refractivity contribution is -0.181. The molecule has 2 saturated carbocycles. The molecule has 0 radical (unpaired) electrons. The molecule has 0 saturated heterocycles. The molecule has 4 aliphatic rings. The van der Waals surface area contributed by atoms with E-state index < -0.39 is 92.9 Å². The first-order valence-electron chi connectivity index (χ1n) is 12.9. The number of likely N-dealkylation sites (N-methyl/N-ethyl adjacent to an activating group) is 2. The Hall–Kier alpha value is -3.55. The van der Waals surface area contributed by atoms with Crippen molar-refractivity contribution in [1.29, 1.82) is 0 Å². The fraction of sp³-hybridized carbons (Fsp3) is 0.556. The van der Waals surface area contributed by atoms with Crippen LogP contribution in [0.15, 0.2) is 0 Å². The van der Waals surface area contributed by atoms with Gasteiger partial charge in [0.25, 0.3) is 0 Å². The van der Waals surface area contributed by atoms with Crippen LogP contribution in [0.1, 0.15) is 41.8 Å². The molecule has 5 N–H and O–H groups in total. The van der Waals surface area contributed by atoms with Gasteiger partial charge in [-0.3, -0.25) is 38.6 Å². The highest BCUT2D eigenvalue weighted by atomic mass is 19.1. The zero-order valence-corrected chi connectivity index (χ0v) is 22.7. The van der Waals surface area contributed by atoms with E-state index in [1.807, 2.05) is 0 Å². The van der Waals surface area contributed by atoms with Gasteiger partial charge in [-0.05, 0) is 53.8 Å². The number of aromatic hydroxyl groups is 1. The molecule has 0 aromatic heterocycles. The molecule has 40 heavy (non-hydrogen) atoms. The van der Waals surface area contributed by atoms with Gasteiger partial charge in [0.1, 0.15) is 5.82 Å². The van der Waals surface area contributed by atoms with Crippen molar-refractivity contribution in [3.8, 4) is 5.75 Å². The van der Waals surface area contributed by atoms with Gasteiger partial charge in [0.15, 0.2) is 40.4 Å². The molecule has 13 heteroatoms. The van der Waals surface area contributed by atoms with Crippen molar-refractivity contribution >= 4 is 40.6 Å². The summed E-state index contributed by atoms with van der Waals surface area (Å²) in [7, 11) is 4.58. The first kappa shape index (κ1) is 28.0. The second-order valence-corrected chi connectivity index (χ2v) is 12.0. The van der Waals surface area contributed by atoms with Crippen molar-refractivity contribution in [3.63, 3.8) is 0 Å². The third-order valence-electron chi connectivity index (χ3n) is 9.40. The number of halogens is 1. The fourth-order valence-electron chi connectivity index (χ4n) is 6.91. The lowest BCUT2D eigenvalue weighted by Crippen LogP contribution is -2.74. The van der Waals surface area contributed by atoms with Crippen LogP contribution in [0.2, 0.25) is 0 Å². The number of aliphatic hydroxyl groups is 1. The molecule has 1 aromatic carbocycles. The number of hydrogen-bond acceptors (Lipinski definition) is 10. The Labute approximate surface area is 228 Å². The van der Waals surface area contributed by atoms with Crippen molar-refractivity contribution < 1.29 is 43.4 Å². The number of anilines is 1. The van der Waals surface area contributed by atoms with Crippen LogP contribution in [0.25, 0.3) is 0 Å². The molecule has 2 unspecified atom stereocenters. The van der Waals surface area contributed by atoms with Gasteiger partial charge in [-0.2, -0.15) is 0 Å². The maximum absolute atomic E-state index is 16.1. The number of phenolic OH excluding ortho intramolecular Hbond substituents is 1. The number of carbonyl (C=O) groups excluding carboxylic acids is 6. The predicted molar refractivity (Wildman–Crippen MR) is 135 cm³/mol. The van der Waals surface area contributed by atoms with E-state index in [0.29, 0.717) is 0 Å². The first-order valence-corrected chi connectivity index (χ1v) is 12.9. The van der Waals surface area contributed by atoms with Crippen molar-refractivity contribution in [2.75, 3.05) is 26.5 Å². The van der Waals surface area contributed by atoms with Crippen molar-refractivity contribution in [2.24, 2.45) is 29.4 Å². The molecule has 1 heterocycles. The van der Waals surface area contributed by atoms with Crippen LogP contribution in [0.3, 0.4) is 0 Å². The molecule has 1 aromatic rings. The number of ketones is 4. The van der Waals surface area contributed by atoms with Crippen LogP contribution >= 0.6 is 0 Å². The van der Waals surface area contributed by atoms with E-state index in [0.717, 1.165) is 0 Å². The average molecular weight is 559 g/mol. The van der Waals surface area contributed by atoms with Crippen LogP contribution in [-0.4, -0.2) is 93.3 Å². The normalized spacial score (nSPS) is 33.5. The topological polar surface area (TPSA) is 187 Å². The quantitative estimate of drug-likeness (QED) is 0.264. The maximum Gasteiger partial charge on any atom is 0.244 e. The minimum Gasteiger partial charge on any atom is -0.505 e. The van der Waals surface area contributed by atoms with Gasteiger partial charge in [-0.15, -0.1) is 0 Å². The van der Waals surface area contributed by atoms with Crippen LogP contribution in [-0.2, 0) is 36.9 Å². The molecular formula is C27H31FN4O8. The summed E-state index contributed by atoms with van der Waals surface area (Å²) in [5, 5.41) is 25.3. The van der Waals surface area contributed by atoms with Gasteiger partial charge in [-0.25, -0.2) is 4.39 Å². The van der Waals surface area contributed by atoms with E-state index >= 15 is 4.39 Å². The summed E-state index contributed by atoms with van der Waals surface area (Å²) >= 11 is 0. The predicted octanol–water partition coefficient (Wildman–Crippen LogP) is -0.831. The van der Waals surface area contributed by atoms with Crippen LogP contribution in [0, 0.1) is 29.5 Å². The summed E-state index contributed by atoms with van der Waals surface area (Å²) in [5.41, 5.74) is 0.381. The molecule has 2 amide bonds. The molecule has 1 aliphatic heterocycles. The van der Waals surface area contributed by atoms with Gasteiger partial charge >= 0.3 is 0 Å². The van der Waals surface area contributed by atoms with Crippen molar-refractivity contribution in [2.45, 2.75) is 50.4 Å². The number of Topliss-reactive ketones (excluding diaryl/α,β-unsaturated/α-hetero) is 4.